The van der Waals surface area contributed by atoms with Crippen LogP contribution >= 0.6 is 22.0 Å². The second kappa shape index (κ2) is 6.26. The van der Waals surface area contributed by atoms with E-state index in [1.54, 1.807) is 12.3 Å². The van der Waals surface area contributed by atoms with Gasteiger partial charge in [0.1, 0.15) is 4.21 Å². The topological polar surface area (TPSA) is 54.5 Å². The van der Waals surface area contributed by atoms with Gasteiger partial charge in [-0.25, -0.2) is 8.42 Å². The monoisotopic (exact) mass is 349 g/mol. The van der Waals surface area contributed by atoms with Gasteiger partial charge in [-0.15, -0.1) is 11.3 Å². The van der Waals surface area contributed by atoms with E-state index in [2.05, 4.69) is 13.8 Å². The van der Waals surface area contributed by atoms with Crippen LogP contribution < -0.4 is 0 Å². The fourth-order valence-corrected chi connectivity index (χ4v) is 5.33. The lowest BCUT2D eigenvalue weighted by molar-refractivity contribution is 0.0667. The molecule has 21 heavy (non-hydrogen) atoms. The van der Waals surface area contributed by atoms with Crippen LogP contribution in [0.25, 0.3) is 0 Å². The maximum atomic E-state index is 12.5. The third-order valence-corrected chi connectivity index (χ3v) is 7.52. The van der Waals surface area contributed by atoms with Crippen molar-refractivity contribution in [1.29, 1.82) is 0 Å². The van der Waals surface area contributed by atoms with Crippen LogP contribution in [-0.2, 0) is 9.05 Å². The highest BCUT2D eigenvalue weighted by Gasteiger charge is 2.28. The first kappa shape index (κ1) is 16.8. The smallest absolute Gasteiger partial charge is 0.271 e. The molecule has 1 aromatic rings. The molecule has 0 radical (unpaired) electrons. The van der Waals surface area contributed by atoms with E-state index in [4.69, 9.17) is 10.7 Å². The van der Waals surface area contributed by atoms with Crippen LogP contribution in [0.3, 0.4) is 0 Å². The largest absolute Gasteiger partial charge is 0.339 e. The summed E-state index contributed by atoms with van der Waals surface area (Å²) in [6, 6.07) is 0. The fraction of sp³-hybridized carbons (Fsp3) is 0.643. The standard InChI is InChI=1S/C14H20ClNO3S2/c1-9(2)11-4-6-16(7-5-11)13(17)12-8-20-14(10(12)3)21(15,18)19/h8-9,11H,4-7H2,1-3H3. The lowest BCUT2D eigenvalue weighted by atomic mass is 9.86. The van der Waals surface area contributed by atoms with Gasteiger partial charge in [-0.05, 0) is 37.2 Å². The minimum absolute atomic E-state index is 0.0737. The summed E-state index contributed by atoms with van der Waals surface area (Å²) in [4.78, 5) is 14.4. The number of carbonyl (C=O) groups excluding carboxylic acids is 1. The van der Waals surface area contributed by atoms with Gasteiger partial charge in [0.2, 0.25) is 0 Å². The Kier molecular flexibility index (Phi) is 5.00. The van der Waals surface area contributed by atoms with E-state index in [1.807, 2.05) is 4.90 Å². The molecule has 2 rings (SSSR count). The summed E-state index contributed by atoms with van der Waals surface area (Å²) in [5, 5.41) is 1.60. The van der Waals surface area contributed by atoms with Crippen LogP contribution in [-0.4, -0.2) is 32.3 Å². The van der Waals surface area contributed by atoms with E-state index in [0.29, 0.717) is 23.0 Å². The van der Waals surface area contributed by atoms with Crippen LogP contribution in [0, 0.1) is 18.8 Å². The minimum Gasteiger partial charge on any atom is -0.339 e. The Morgan fingerprint density at radius 1 is 1.38 bits per heavy atom. The van der Waals surface area contributed by atoms with E-state index < -0.39 is 9.05 Å². The van der Waals surface area contributed by atoms with E-state index in [-0.39, 0.29) is 10.1 Å². The number of hydrogen-bond acceptors (Lipinski definition) is 4. The molecule has 1 saturated heterocycles. The number of piperidine rings is 1. The van der Waals surface area contributed by atoms with Crippen molar-refractivity contribution < 1.29 is 13.2 Å². The highest BCUT2D eigenvalue weighted by molar-refractivity contribution is 8.15. The lowest BCUT2D eigenvalue weighted by Gasteiger charge is -2.33. The summed E-state index contributed by atoms with van der Waals surface area (Å²) in [5.41, 5.74) is 0.924. The Morgan fingerprint density at radius 2 is 1.95 bits per heavy atom. The van der Waals surface area contributed by atoms with E-state index in [9.17, 15) is 13.2 Å². The molecule has 2 heterocycles. The molecule has 0 unspecified atom stereocenters. The molecule has 4 nitrogen and oxygen atoms in total. The number of carbonyl (C=O) groups is 1. The first-order valence-electron chi connectivity index (χ1n) is 7.03. The molecule has 1 aromatic heterocycles. The molecule has 1 aliphatic heterocycles. The molecule has 1 fully saturated rings. The molecule has 118 valence electrons. The van der Waals surface area contributed by atoms with Crippen LogP contribution in [0.1, 0.15) is 42.6 Å². The van der Waals surface area contributed by atoms with Crippen LogP contribution in [0.15, 0.2) is 9.59 Å². The van der Waals surface area contributed by atoms with E-state index in [0.717, 1.165) is 37.3 Å². The SMILES string of the molecule is Cc1c(C(=O)N2CCC(C(C)C)CC2)csc1S(=O)(=O)Cl. The second-order valence-corrected chi connectivity index (χ2v) is 9.51. The predicted molar refractivity (Wildman–Crippen MR) is 85.6 cm³/mol. The van der Waals surface area contributed by atoms with Gasteiger partial charge < -0.3 is 4.90 Å². The van der Waals surface area contributed by atoms with Crippen molar-refractivity contribution in [2.75, 3.05) is 13.1 Å². The molecular formula is C14H20ClNO3S2. The second-order valence-electron chi connectivity index (χ2n) is 5.87. The molecule has 0 spiro atoms. The Bertz CT molecular complexity index is 629. The first-order valence-corrected chi connectivity index (χ1v) is 10.2. The highest BCUT2D eigenvalue weighted by atomic mass is 35.7. The molecule has 7 heteroatoms. The quantitative estimate of drug-likeness (QED) is 0.785. The predicted octanol–water partition coefficient (Wildman–Crippen LogP) is 3.49. The average Bonchev–Trinajstić information content (AvgIpc) is 2.79. The normalized spacial score (nSPS) is 17.5. The van der Waals surface area contributed by atoms with Crippen molar-refractivity contribution in [3.63, 3.8) is 0 Å². The third-order valence-electron chi connectivity index (χ3n) is 4.22. The lowest BCUT2D eigenvalue weighted by Crippen LogP contribution is -2.39. The number of nitrogens with zero attached hydrogens (tertiary/aromatic N) is 1. The van der Waals surface area contributed by atoms with E-state index in [1.165, 1.54) is 0 Å². The number of likely N-dealkylation sites (tertiary alicyclic amines) is 1. The first-order chi connectivity index (χ1) is 9.71. The number of thiophene rings is 1. The van der Waals surface area contributed by atoms with Crippen molar-refractivity contribution in [3.05, 3.63) is 16.5 Å². The summed E-state index contributed by atoms with van der Waals surface area (Å²) >= 11 is 1.01. The number of hydrogen-bond donors (Lipinski definition) is 0. The summed E-state index contributed by atoms with van der Waals surface area (Å²) < 4.78 is 22.9. The Hall–Kier alpha value is -0.590. The molecule has 0 aliphatic carbocycles. The van der Waals surface area contributed by atoms with Crippen molar-refractivity contribution in [2.24, 2.45) is 11.8 Å². The zero-order valence-corrected chi connectivity index (χ0v) is 14.8. The fourth-order valence-electron chi connectivity index (χ4n) is 2.79. The number of halogens is 1. The Balaban J connectivity index is 2.14. The summed E-state index contributed by atoms with van der Waals surface area (Å²) in [7, 11) is 1.60. The average molecular weight is 350 g/mol. The van der Waals surface area contributed by atoms with Gasteiger partial charge in [0.25, 0.3) is 15.0 Å². The maximum Gasteiger partial charge on any atom is 0.271 e. The number of amides is 1. The maximum absolute atomic E-state index is 12.5. The molecule has 0 aromatic carbocycles. The number of rotatable bonds is 3. The van der Waals surface area contributed by atoms with Gasteiger partial charge in [0.15, 0.2) is 0 Å². The van der Waals surface area contributed by atoms with Gasteiger partial charge in [-0.3, -0.25) is 4.79 Å². The van der Waals surface area contributed by atoms with Crippen molar-refractivity contribution in [2.45, 2.75) is 37.8 Å². The van der Waals surface area contributed by atoms with Crippen LogP contribution in [0.5, 0.6) is 0 Å². The zero-order valence-electron chi connectivity index (χ0n) is 12.4. The molecule has 0 atom stereocenters. The van der Waals surface area contributed by atoms with Crippen LogP contribution in [0.2, 0.25) is 0 Å². The summed E-state index contributed by atoms with van der Waals surface area (Å²) in [5.74, 6) is 1.21. The van der Waals surface area contributed by atoms with Crippen LogP contribution in [0.4, 0.5) is 0 Å². The van der Waals surface area contributed by atoms with Gasteiger partial charge in [0.05, 0.1) is 5.56 Å². The summed E-state index contributed by atoms with van der Waals surface area (Å²) in [6.07, 6.45) is 2.01. The van der Waals surface area contributed by atoms with Crippen molar-refractivity contribution in [3.8, 4) is 0 Å². The highest BCUT2D eigenvalue weighted by Crippen LogP contribution is 2.31. The van der Waals surface area contributed by atoms with Crippen molar-refractivity contribution >= 4 is 37.0 Å². The molecule has 0 N–H and O–H groups in total. The molecule has 1 aliphatic rings. The van der Waals surface area contributed by atoms with Gasteiger partial charge >= 0.3 is 0 Å². The molecule has 1 amide bonds. The zero-order chi connectivity index (χ0) is 15.8. The van der Waals surface area contributed by atoms with Gasteiger partial charge in [-0.2, -0.15) is 0 Å². The van der Waals surface area contributed by atoms with Gasteiger partial charge in [0, 0.05) is 29.2 Å². The Morgan fingerprint density at radius 3 is 2.38 bits per heavy atom. The molecule has 0 bridgehead atoms. The van der Waals surface area contributed by atoms with E-state index >= 15 is 0 Å². The molecule has 0 saturated carbocycles. The van der Waals surface area contributed by atoms with Gasteiger partial charge in [-0.1, -0.05) is 13.8 Å². The summed E-state index contributed by atoms with van der Waals surface area (Å²) in [6.45, 7) is 7.53. The van der Waals surface area contributed by atoms with Crippen molar-refractivity contribution in [1.82, 2.24) is 4.90 Å². The Labute approximate surface area is 134 Å². The third kappa shape index (κ3) is 3.60. The minimum atomic E-state index is -3.78. The molecular weight excluding hydrogens is 330 g/mol.